The summed E-state index contributed by atoms with van der Waals surface area (Å²) in [5, 5.41) is 11.6. The number of carbonyl (C=O) groups excluding carboxylic acids is 2. The topological polar surface area (TPSA) is 109 Å². The summed E-state index contributed by atoms with van der Waals surface area (Å²) in [6.07, 6.45) is 0. The first-order valence-corrected chi connectivity index (χ1v) is 10.4. The molecule has 0 radical (unpaired) electrons. The maximum atomic E-state index is 14.4. The Morgan fingerprint density at radius 3 is 2.37 bits per heavy atom. The van der Waals surface area contributed by atoms with Gasteiger partial charge in [-0.2, -0.15) is 5.26 Å². The molecule has 0 aliphatic heterocycles. The molecule has 0 aliphatic carbocycles. The SMILES string of the molecule is CC(=O)Nc1cc2c(cc1F)cc(C(=O)C(C)C#N)n2S(=O)(=O)c1ccc(C)cc1. The van der Waals surface area contributed by atoms with E-state index in [1.807, 2.05) is 0 Å². The molecule has 154 valence electrons. The second-order valence-corrected chi connectivity index (χ2v) is 8.69. The Morgan fingerprint density at radius 2 is 1.80 bits per heavy atom. The smallest absolute Gasteiger partial charge is 0.268 e. The number of ketones is 1. The summed E-state index contributed by atoms with van der Waals surface area (Å²) in [5.41, 5.74) is 0.365. The zero-order valence-corrected chi connectivity index (χ0v) is 17.2. The van der Waals surface area contributed by atoms with Crippen molar-refractivity contribution in [3.05, 3.63) is 59.5 Å². The molecule has 0 saturated heterocycles. The molecule has 0 spiro atoms. The first kappa shape index (κ1) is 21.2. The van der Waals surface area contributed by atoms with E-state index in [9.17, 15) is 22.4 Å². The van der Waals surface area contributed by atoms with Crippen LogP contribution in [0.2, 0.25) is 0 Å². The van der Waals surface area contributed by atoms with Gasteiger partial charge in [0.15, 0.2) is 5.78 Å². The molecule has 1 atom stereocenters. The highest BCUT2D eigenvalue weighted by Gasteiger charge is 2.29. The number of Topliss-reactive ketones (excluding diaryl/α,β-unsaturated/α-hetero) is 1. The van der Waals surface area contributed by atoms with Crippen molar-refractivity contribution in [3.8, 4) is 6.07 Å². The summed E-state index contributed by atoms with van der Waals surface area (Å²) < 4.78 is 42.0. The molecule has 3 aromatic rings. The van der Waals surface area contributed by atoms with Gasteiger partial charge < -0.3 is 5.32 Å². The van der Waals surface area contributed by atoms with Crippen LogP contribution < -0.4 is 5.32 Å². The molecule has 0 bridgehead atoms. The minimum atomic E-state index is -4.26. The Hall–Kier alpha value is -3.51. The number of benzene rings is 2. The molecule has 3 rings (SSSR count). The second kappa shape index (κ2) is 7.72. The monoisotopic (exact) mass is 427 g/mol. The maximum Gasteiger partial charge on any atom is 0.268 e. The second-order valence-electron chi connectivity index (χ2n) is 6.90. The molecule has 1 heterocycles. The normalized spacial score (nSPS) is 12.4. The van der Waals surface area contributed by atoms with Gasteiger partial charge in [-0.1, -0.05) is 17.7 Å². The highest BCUT2D eigenvalue weighted by molar-refractivity contribution is 7.90. The largest absolute Gasteiger partial charge is 0.324 e. The summed E-state index contributed by atoms with van der Waals surface area (Å²) in [6, 6.07) is 11.2. The molecule has 7 nitrogen and oxygen atoms in total. The van der Waals surface area contributed by atoms with Crippen molar-refractivity contribution in [2.75, 3.05) is 5.32 Å². The zero-order valence-electron chi connectivity index (χ0n) is 16.4. The predicted octanol–water partition coefficient (Wildman–Crippen LogP) is 3.63. The van der Waals surface area contributed by atoms with Gasteiger partial charge in [0.25, 0.3) is 10.0 Å². The average Bonchev–Trinajstić information content (AvgIpc) is 3.05. The number of hydrogen-bond acceptors (Lipinski definition) is 5. The van der Waals surface area contributed by atoms with Gasteiger partial charge in [0.1, 0.15) is 17.4 Å². The third kappa shape index (κ3) is 3.69. The van der Waals surface area contributed by atoms with Crippen molar-refractivity contribution in [1.29, 1.82) is 5.26 Å². The van der Waals surface area contributed by atoms with E-state index in [0.717, 1.165) is 21.7 Å². The molecule has 1 unspecified atom stereocenters. The number of anilines is 1. The molecular formula is C21H18FN3O4S. The standard InChI is InChI=1S/C21H18FN3O4S/c1-12-4-6-16(7-5-12)30(28,29)25-19-10-18(24-14(3)26)17(22)8-15(19)9-20(25)21(27)13(2)11-23/h4-10,13H,1-3H3,(H,24,26). The van der Waals surface area contributed by atoms with Crippen molar-refractivity contribution in [3.63, 3.8) is 0 Å². The van der Waals surface area contributed by atoms with Crippen LogP contribution in [0.3, 0.4) is 0 Å². The summed E-state index contributed by atoms with van der Waals surface area (Å²) in [4.78, 5) is 24.1. The Labute approximate surface area is 172 Å². The Kier molecular flexibility index (Phi) is 5.46. The number of halogens is 1. The van der Waals surface area contributed by atoms with Gasteiger partial charge in [0.2, 0.25) is 5.91 Å². The molecular weight excluding hydrogens is 409 g/mol. The number of hydrogen-bond donors (Lipinski definition) is 1. The van der Waals surface area contributed by atoms with Gasteiger partial charge in [-0.05, 0) is 44.2 Å². The number of amides is 1. The fourth-order valence-corrected chi connectivity index (χ4v) is 4.53. The van der Waals surface area contributed by atoms with E-state index in [2.05, 4.69) is 5.32 Å². The lowest BCUT2D eigenvalue weighted by Crippen LogP contribution is -2.21. The highest BCUT2D eigenvalue weighted by atomic mass is 32.2. The summed E-state index contributed by atoms with van der Waals surface area (Å²) in [5.74, 6) is -3.15. The molecule has 1 aromatic heterocycles. The predicted molar refractivity (Wildman–Crippen MR) is 109 cm³/mol. The molecule has 30 heavy (non-hydrogen) atoms. The quantitative estimate of drug-likeness (QED) is 0.626. The van der Waals surface area contributed by atoms with Crippen molar-refractivity contribution in [2.24, 2.45) is 5.92 Å². The molecule has 0 fully saturated rings. The molecule has 0 saturated carbocycles. The van der Waals surface area contributed by atoms with Crippen LogP contribution in [0.25, 0.3) is 10.9 Å². The van der Waals surface area contributed by atoms with Crippen molar-refractivity contribution < 1.29 is 22.4 Å². The van der Waals surface area contributed by atoms with Gasteiger partial charge in [0, 0.05) is 12.3 Å². The van der Waals surface area contributed by atoms with Crippen LogP contribution >= 0.6 is 0 Å². The van der Waals surface area contributed by atoms with Crippen LogP contribution in [0.1, 0.15) is 29.9 Å². The number of aryl methyl sites for hydroxylation is 1. The first-order chi connectivity index (χ1) is 14.1. The first-order valence-electron chi connectivity index (χ1n) is 8.95. The molecule has 2 aromatic carbocycles. The fraction of sp³-hybridized carbons (Fsp3) is 0.190. The Bertz CT molecular complexity index is 1320. The van der Waals surface area contributed by atoms with Crippen LogP contribution in [-0.2, 0) is 14.8 Å². The van der Waals surface area contributed by atoms with Crippen molar-refractivity contribution in [1.82, 2.24) is 3.97 Å². The number of aromatic nitrogens is 1. The van der Waals surface area contributed by atoms with E-state index in [1.54, 1.807) is 25.1 Å². The lowest BCUT2D eigenvalue weighted by Gasteiger charge is -2.13. The molecule has 1 amide bonds. The molecule has 9 heteroatoms. The minimum absolute atomic E-state index is 0.00853. The van der Waals surface area contributed by atoms with Crippen LogP contribution in [0.4, 0.5) is 10.1 Å². The van der Waals surface area contributed by atoms with Crippen LogP contribution in [0, 0.1) is 30.0 Å². The van der Waals surface area contributed by atoms with E-state index in [1.165, 1.54) is 32.0 Å². The lowest BCUT2D eigenvalue weighted by molar-refractivity contribution is -0.114. The number of carbonyl (C=O) groups is 2. The number of nitriles is 1. The van der Waals surface area contributed by atoms with Crippen molar-refractivity contribution in [2.45, 2.75) is 25.7 Å². The zero-order chi connectivity index (χ0) is 22.2. The van der Waals surface area contributed by atoms with Crippen LogP contribution in [0.15, 0.2) is 47.4 Å². The fourth-order valence-electron chi connectivity index (χ4n) is 3.02. The average molecular weight is 427 g/mol. The van der Waals surface area contributed by atoms with Gasteiger partial charge in [-0.25, -0.2) is 16.8 Å². The van der Waals surface area contributed by atoms with Gasteiger partial charge >= 0.3 is 0 Å². The van der Waals surface area contributed by atoms with Gasteiger partial charge in [-0.3, -0.25) is 9.59 Å². The van der Waals surface area contributed by atoms with Gasteiger partial charge in [-0.15, -0.1) is 0 Å². The third-order valence-corrected chi connectivity index (χ3v) is 6.30. The van der Waals surface area contributed by atoms with E-state index in [4.69, 9.17) is 5.26 Å². The number of rotatable bonds is 5. The Balaban J connectivity index is 2.38. The number of fused-ring (bicyclic) bond motifs is 1. The van der Waals surface area contributed by atoms with Gasteiger partial charge in [0.05, 0.1) is 22.2 Å². The molecule has 0 aliphatic rings. The van der Waals surface area contributed by atoms with E-state index in [-0.39, 0.29) is 27.2 Å². The summed E-state index contributed by atoms with van der Waals surface area (Å²) >= 11 is 0. The number of nitrogens with zero attached hydrogens (tertiary/aromatic N) is 2. The Morgan fingerprint density at radius 1 is 1.17 bits per heavy atom. The van der Waals surface area contributed by atoms with E-state index < -0.39 is 33.4 Å². The molecule has 1 N–H and O–H groups in total. The number of nitrogens with one attached hydrogen (secondary N) is 1. The summed E-state index contributed by atoms with van der Waals surface area (Å²) in [7, 11) is -4.26. The minimum Gasteiger partial charge on any atom is -0.324 e. The van der Waals surface area contributed by atoms with E-state index in [0.29, 0.717) is 0 Å². The van der Waals surface area contributed by atoms with Crippen molar-refractivity contribution >= 4 is 38.3 Å². The third-order valence-electron chi connectivity index (χ3n) is 4.56. The van der Waals surface area contributed by atoms with Crippen LogP contribution in [-0.4, -0.2) is 24.1 Å². The highest BCUT2D eigenvalue weighted by Crippen LogP contribution is 2.31. The summed E-state index contributed by atoms with van der Waals surface area (Å²) in [6.45, 7) is 4.34. The van der Waals surface area contributed by atoms with E-state index >= 15 is 0 Å². The maximum absolute atomic E-state index is 14.4. The lowest BCUT2D eigenvalue weighted by atomic mass is 10.1. The van der Waals surface area contributed by atoms with Crippen LogP contribution in [0.5, 0.6) is 0 Å².